The Bertz CT molecular complexity index is 591. The quantitative estimate of drug-likeness (QED) is 0.346. The largest absolute Gasteiger partial charge is 0.352 e. The average molecular weight is 472 g/mol. The van der Waals surface area contributed by atoms with E-state index in [2.05, 4.69) is 30.8 Å². The topological polar surface area (TPSA) is 81.6 Å². The van der Waals surface area contributed by atoms with Crippen molar-refractivity contribution in [3.63, 3.8) is 0 Å². The summed E-state index contributed by atoms with van der Waals surface area (Å²) in [7, 11) is 1.73. The van der Waals surface area contributed by atoms with Crippen LogP contribution in [-0.4, -0.2) is 60.5 Å². The Labute approximate surface area is 172 Å². The van der Waals surface area contributed by atoms with E-state index in [1.54, 1.807) is 25.5 Å². The highest BCUT2D eigenvalue weighted by Crippen LogP contribution is 2.26. The average Bonchev–Trinajstić information content (AvgIpc) is 3.31. The van der Waals surface area contributed by atoms with Gasteiger partial charge >= 0.3 is 0 Å². The highest BCUT2D eigenvalue weighted by molar-refractivity contribution is 14.0. The second-order valence-corrected chi connectivity index (χ2v) is 6.78. The molecular formula is C18H29IN6O. The first kappa shape index (κ1) is 20.9. The van der Waals surface area contributed by atoms with E-state index < -0.39 is 0 Å². The van der Waals surface area contributed by atoms with Crippen molar-refractivity contribution in [1.82, 2.24) is 20.5 Å². The number of aromatic nitrogens is 1. The number of carbonyl (C=O) groups is 1. The van der Waals surface area contributed by atoms with E-state index in [9.17, 15) is 4.79 Å². The Hall–Kier alpha value is -1.42. The molecule has 144 valence electrons. The van der Waals surface area contributed by atoms with Gasteiger partial charge in [-0.15, -0.1) is 24.0 Å². The van der Waals surface area contributed by atoms with E-state index in [1.807, 2.05) is 6.07 Å². The van der Waals surface area contributed by atoms with Crippen LogP contribution < -0.4 is 16.0 Å². The van der Waals surface area contributed by atoms with Gasteiger partial charge in [-0.1, -0.05) is 12.8 Å². The summed E-state index contributed by atoms with van der Waals surface area (Å²) in [6, 6.07) is 4.77. The summed E-state index contributed by atoms with van der Waals surface area (Å²) in [5.74, 6) is 0.564. The first-order valence-corrected chi connectivity index (χ1v) is 9.15. The number of carbonyl (C=O) groups excluding carboxylic acids is 1. The molecule has 0 radical (unpaired) electrons. The summed E-state index contributed by atoms with van der Waals surface area (Å²) < 4.78 is 0. The fourth-order valence-corrected chi connectivity index (χ4v) is 3.70. The Morgan fingerprint density at radius 2 is 2.15 bits per heavy atom. The van der Waals surface area contributed by atoms with Crippen molar-refractivity contribution in [2.45, 2.75) is 44.2 Å². The smallest absolute Gasteiger partial charge is 0.243 e. The normalized spacial score (nSPS) is 21.3. The van der Waals surface area contributed by atoms with Crippen molar-refractivity contribution in [2.75, 3.05) is 32.0 Å². The number of rotatable bonds is 5. The third-order valence-electron chi connectivity index (χ3n) is 4.99. The van der Waals surface area contributed by atoms with Gasteiger partial charge in [0.25, 0.3) is 0 Å². The summed E-state index contributed by atoms with van der Waals surface area (Å²) in [4.78, 5) is 22.8. The Morgan fingerprint density at radius 3 is 2.85 bits per heavy atom. The molecule has 1 aromatic heterocycles. The van der Waals surface area contributed by atoms with Gasteiger partial charge in [0.1, 0.15) is 0 Å². The molecule has 1 aromatic rings. The fraction of sp³-hybridized carbons (Fsp3) is 0.611. The number of nitrogens with one attached hydrogen (secondary N) is 3. The number of pyridine rings is 1. The summed E-state index contributed by atoms with van der Waals surface area (Å²) in [6.07, 6.45) is 9.85. The number of hydrogen-bond donors (Lipinski definition) is 3. The van der Waals surface area contributed by atoms with Gasteiger partial charge in [0.2, 0.25) is 5.91 Å². The van der Waals surface area contributed by atoms with Gasteiger partial charge in [0, 0.05) is 38.4 Å². The minimum atomic E-state index is -0.116. The predicted molar refractivity (Wildman–Crippen MR) is 115 cm³/mol. The summed E-state index contributed by atoms with van der Waals surface area (Å²) in [6.45, 7) is 2.39. The molecule has 8 heteroatoms. The molecule has 0 bridgehead atoms. The summed E-state index contributed by atoms with van der Waals surface area (Å²) in [5, 5.41) is 9.34. The Kier molecular flexibility index (Phi) is 8.56. The molecule has 1 saturated heterocycles. The molecule has 3 rings (SSSR count). The first-order chi connectivity index (χ1) is 12.2. The van der Waals surface area contributed by atoms with Gasteiger partial charge in [-0.25, -0.2) is 0 Å². The summed E-state index contributed by atoms with van der Waals surface area (Å²) in [5.41, 5.74) is 0.695. The van der Waals surface area contributed by atoms with Gasteiger partial charge in [-0.2, -0.15) is 0 Å². The van der Waals surface area contributed by atoms with Crippen LogP contribution >= 0.6 is 24.0 Å². The van der Waals surface area contributed by atoms with E-state index in [-0.39, 0.29) is 36.4 Å². The number of nitrogens with zero attached hydrogens (tertiary/aromatic N) is 3. The third-order valence-corrected chi connectivity index (χ3v) is 4.99. The fourth-order valence-electron chi connectivity index (χ4n) is 3.70. The van der Waals surface area contributed by atoms with Crippen molar-refractivity contribution in [1.29, 1.82) is 0 Å². The lowest BCUT2D eigenvalue weighted by atomic mass is 10.2. The number of hydrogen-bond acceptors (Lipinski definition) is 4. The molecule has 0 aromatic carbocycles. The van der Waals surface area contributed by atoms with Gasteiger partial charge in [-0.05, 0) is 31.4 Å². The van der Waals surface area contributed by atoms with E-state index in [0.717, 1.165) is 25.6 Å². The highest BCUT2D eigenvalue weighted by Gasteiger charge is 2.30. The number of anilines is 1. The molecule has 1 unspecified atom stereocenters. The number of aliphatic imine (C=N–C) groups is 1. The van der Waals surface area contributed by atoms with Gasteiger partial charge in [-0.3, -0.25) is 19.7 Å². The van der Waals surface area contributed by atoms with Crippen molar-refractivity contribution in [3.05, 3.63) is 24.5 Å². The van der Waals surface area contributed by atoms with Crippen LogP contribution in [0.15, 0.2) is 29.5 Å². The SMILES string of the molecule is CN=C(NCC(=O)Nc1cccnc1)NC1CCN(C2CCCC2)C1.I. The lowest BCUT2D eigenvalue weighted by molar-refractivity contribution is -0.115. The zero-order valence-corrected chi connectivity index (χ0v) is 17.6. The lowest BCUT2D eigenvalue weighted by Gasteiger charge is -2.24. The van der Waals surface area contributed by atoms with Crippen LogP contribution in [0.3, 0.4) is 0 Å². The van der Waals surface area contributed by atoms with Crippen LogP contribution in [-0.2, 0) is 4.79 Å². The third kappa shape index (κ3) is 6.08. The second kappa shape index (κ2) is 10.7. The van der Waals surface area contributed by atoms with Crippen molar-refractivity contribution in [3.8, 4) is 0 Å². The van der Waals surface area contributed by atoms with Crippen molar-refractivity contribution < 1.29 is 4.79 Å². The molecule has 3 N–H and O–H groups in total. The first-order valence-electron chi connectivity index (χ1n) is 9.15. The van der Waals surface area contributed by atoms with E-state index in [0.29, 0.717) is 17.7 Å². The van der Waals surface area contributed by atoms with E-state index >= 15 is 0 Å². The molecule has 2 fully saturated rings. The van der Waals surface area contributed by atoms with Crippen LogP contribution in [0.2, 0.25) is 0 Å². The zero-order valence-electron chi connectivity index (χ0n) is 15.3. The maximum absolute atomic E-state index is 12.0. The summed E-state index contributed by atoms with van der Waals surface area (Å²) >= 11 is 0. The minimum Gasteiger partial charge on any atom is -0.352 e. The molecule has 1 saturated carbocycles. The van der Waals surface area contributed by atoms with Crippen molar-refractivity contribution in [2.24, 2.45) is 4.99 Å². The number of halogens is 1. The van der Waals surface area contributed by atoms with E-state index in [1.165, 1.54) is 25.7 Å². The van der Waals surface area contributed by atoms with Crippen LogP contribution in [0.25, 0.3) is 0 Å². The molecule has 0 spiro atoms. The number of guanidine groups is 1. The lowest BCUT2D eigenvalue weighted by Crippen LogP contribution is -2.47. The molecular weight excluding hydrogens is 443 g/mol. The Balaban J connectivity index is 0.00000243. The molecule has 1 aliphatic carbocycles. The van der Waals surface area contributed by atoms with Crippen LogP contribution in [0, 0.1) is 0 Å². The molecule has 1 atom stereocenters. The molecule has 7 nitrogen and oxygen atoms in total. The minimum absolute atomic E-state index is 0. The van der Waals surface area contributed by atoms with Crippen molar-refractivity contribution >= 4 is 41.5 Å². The van der Waals surface area contributed by atoms with Crippen LogP contribution in [0.1, 0.15) is 32.1 Å². The van der Waals surface area contributed by atoms with E-state index in [4.69, 9.17) is 0 Å². The Morgan fingerprint density at radius 1 is 1.35 bits per heavy atom. The maximum Gasteiger partial charge on any atom is 0.243 e. The molecule has 1 aliphatic heterocycles. The monoisotopic (exact) mass is 472 g/mol. The maximum atomic E-state index is 12.0. The van der Waals surface area contributed by atoms with Gasteiger partial charge in [0.05, 0.1) is 18.4 Å². The molecule has 1 amide bonds. The molecule has 26 heavy (non-hydrogen) atoms. The van der Waals surface area contributed by atoms with Crippen LogP contribution in [0.5, 0.6) is 0 Å². The van der Waals surface area contributed by atoms with Gasteiger partial charge < -0.3 is 16.0 Å². The standard InChI is InChI=1S/C18H28N6O.HI/c1-19-18(21-12-17(25)22-14-5-4-9-20-11-14)23-15-8-10-24(13-15)16-6-2-3-7-16;/h4-5,9,11,15-16H,2-3,6-8,10,12-13H2,1H3,(H,22,25)(H2,19,21,23);1H. The predicted octanol–water partition coefficient (Wildman–Crippen LogP) is 1.82. The highest BCUT2D eigenvalue weighted by atomic mass is 127. The number of amides is 1. The van der Waals surface area contributed by atoms with Crippen LogP contribution in [0.4, 0.5) is 5.69 Å². The number of likely N-dealkylation sites (tertiary alicyclic amines) is 1. The molecule has 2 aliphatic rings. The molecule has 2 heterocycles. The zero-order chi connectivity index (χ0) is 17.5. The van der Waals surface area contributed by atoms with Gasteiger partial charge in [0.15, 0.2) is 5.96 Å². The second-order valence-electron chi connectivity index (χ2n) is 6.78.